The summed E-state index contributed by atoms with van der Waals surface area (Å²) in [5.74, 6) is 1.54. The van der Waals surface area contributed by atoms with Crippen molar-refractivity contribution in [2.75, 3.05) is 0 Å². The van der Waals surface area contributed by atoms with Crippen LogP contribution in [0.2, 0.25) is 0 Å². The van der Waals surface area contributed by atoms with Crippen LogP contribution in [0, 0.1) is 3.57 Å². The lowest BCUT2D eigenvalue weighted by Gasteiger charge is -2.18. The molecular formula is C14H17IN2O. The predicted octanol–water partition coefficient (Wildman–Crippen LogP) is 3.83. The van der Waals surface area contributed by atoms with Crippen LogP contribution in [0.5, 0.6) is 0 Å². The van der Waals surface area contributed by atoms with Crippen molar-refractivity contribution in [2.24, 2.45) is 0 Å². The van der Waals surface area contributed by atoms with E-state index in [9.17, 15) is 0 Å². The van der Waals surface area contributed by atoms with Crippen LogP contribution in [-0.4, -0.2) is 10.5 Å². The number of nitrogens with one attached hydrogen (secondary N) is 1. The third kappa shape index (κ3) is 3.81. The average molecular weight is 356 g/mol. The maximum absolute atomic E-state index is 5.74. The van der Waals surface area contributed by atoms with Crippen molar-refractivity contribution in [3.8, 4) is 11.3 Å². The van der Waals surface area contributed by atoms with Crippen LogP contribution in [0.3, 0.4) is 0 Å². The Morgan fingerprint density at radius 3 is 2.78 bits per heavy atom. The Balaban J connectivity index is 2.11. The number of hydrogen-bond acceptors (Lipinski definition) is 3. The average Bonchev–Trinajstić information content (AvgIpc) is 2.74. The van der Waals surface area contributed by atoms with Crippen LogP contribution in [0.25, 0.3) is 11.3 Å². The molecule has 0 saturated heterocycles. The van der Waals surface area contributed by atoms with E-state index in [1.165, 1.54) is 3.57 Å². The molecule has 2 rings (SSSR count). The van der Waals surface area contributed by atoms with Gasteiger partial charge in [-0.15, -0.1) is 0 Å². The molecule has 18 heavy (non-hydrogen) atoms. The van der Waals surface area contributed by atoms with Gasteiger partial charge >= 0.3 is 0 Å². The Bertz CT molecular complexity index is 529. The van der Waals surface area contributed by atoms with Gasteiger partial charge in [-0.05, 0) is 55.5 Å². The molecule has 0 radical (unpaired) electrons. The molecule has 0 atom stereocenters. The summed E-state index contributed by atoms with van der Waals surface area (Å²) >= 11 is 2.29. The molecule has 0 spiro atoms. The fourth-order valence-electron chi connectivity index (χ4n) is 1.51. The van der Waals surface area contributed by atoms with Crippen molar-refractivity contribution < 1.29 is 4.42 Å². The zero-order valence-corrected chi connectivity index (χ0v) is 13.0. The second-order valence-electron chi connectivity index (χ2n) is 5.23. The van der Waals surface area contributed by atoms with Gasteiger partial charge in [0.05, 0.1) is 12.7 Å². The van der Waals surface area contributed by atoms with Gasteiger partial charge in [0.2, 0.25) is 5.89 Å². The minimum Gasteiger partial charge on any atom is -0.439 e. The van der Waals surface area contributed by atoms with Crippen LogP contribution >= 0.6 is 22.6 Å². The van der Waals surface area contributed by atoms with Crippen molar-refractivity contribution in [1.82, 2.24) is 10.3 Å². The van der Waals surface area contributed by atoms with Gasteiger partial charge in [-0.3, -0.25) is 0 Å². The normalized spacial score (nSPS) is 11.8. The van der Waals surface area contributed by atoms with Gasteiger partial charge in [-0.25, -0.2) is 4.98 Å². The molecule has 0 aliphatic heterocycles. The van der Waals surface area contributed by atoms with E-state index >= 15 is 0 Å². The second-order valence-corrected chi connectivity index (χ2v) is 6.48. The van der Waals surface area contributed by atoms with Crippen LogP contribution in [0.1, 0.15) is 26.7 Å². The van der Waals surface area contributed by atoms with Gasteiger partial charge in [0.25, 0.3) is 0 Å². The first-order chi connectivity index (χ1) is 8.44. The van der Waals surface area contributed by atoms with Crippen LogP contribution in [0.15, 0.2) is 34.9 Å². The van der Waals surface area contributed by atoms with Gasteiger partial charge in [0.1, 0.15) is 0 Å². The van der Waals surface area contributed by atoms with Crippen molar-refractivity contribution in [3.63, 3.8) is 0 Å². The maximum atomic E-state index is 5.74. The zero-order chi connectivity index (χ0) is 13.2. The number of benzene rings is 1. The first kappa shape index (κ1) is 13.5. The van der Waals surface area contributed by atoms with E-state index < -0.39 is 0 Å². The van der Waals surface area contributed by atoms with Crippen LogP contribution < -0.4 is 5.32 Å². The van der Waals surface area contributed by atoms with E-state index in [0.29, 0.717) is 6.54 Å². The standard InChI is InChI=1S/C14H17IN2O/c1-14(2,3)17-9-13-16-8-12(18-13)10-5-4-6-11(15)7-10/h4-8,17H,9H2,1-3H3. The summed E-state index contributed by atoms with van der Waals surface area (Å²) in [5, 5.41) is 3.36. The molecule has 0 bridgehead atoms. The molecule has 1 heterocycles. The molecule has 0 amide bonds. The number of hydrogen-bond donors (Lipinski definition) is 1. The molecule has 0 saturated carbocycles. The fourth-order valence-corrected chi connectivity index (χ4v) is 2.05. The lowest BCUT2D eigenvalue weighted by Crippen LogP contribution is -2.35. The van der Waals surface area contributed by atoms with Crippen molar-refractivity contribution in [2.45, 2.75) is 32.9 Å². The van der Waals surface area contributed by atoms with Gasteiger partial charge < -0.3 is 9.73 Å². The Morgan fingerprint density at radius 1 is 1.33 bits per heavy atom. The number of nitrogens with zero attached hydrogens (tertiary/aromatic N) is 1. The molecule has 0 unspecified atom stereocenters. The highest BCUT2D eigenvalue weighted by Gasteiger charge is 2.11. The monoisotopic (exact) mass is 356 g/mol. The molecule has 1 aromatic carbocycles. The molecule has 0 aliphatic carbocycles. The summed E-state index contributed by atoms with van der Waals surface area (Å²) in [7, 11) is 0. The molecule has 0 aliphatic rings. The van der Waals surface area contributed by atoms with Crippen LogP contribution in [0.4, 0.5) is 0 Å². The summed E-state index contributed by atoms with van der Waals surface area (Å²) < 4.78 is 6.93. The summed E-state index contributed by atoms with van der Waals surface area (Å²) in [6, 6.07) is 8.20. The Labute approximate surface area is 121 Å². The number of aromatic nitrogens is 1. The fraction of sp³-hybridized carbons (Fsp3) is 0.357. The van der Waals surface area contributed by atoms with E-state index in [4.69, 9.17) is 4.42 Å². The van der Waals surface area contributed by atoms with Crippen molar-refractivity contribution >= 4 is 22.6 Å². The lowest BCUT2D eigenvalue weighted by molar-refractivity contribution is 0.383. The quantitative estimate of drug-likeness (QED) is 0.850. The summed E-state index contributed by atoms with van der Waals surface area (Å²) in [5.41, 5.74) is 1.13. The summed E-state index contributed by atoms with van der Waals surface area (Å²) in [6.45, 7) is 7.01. The van der Waals surface area contributed by atoms with Gasteiger partial charge in [-0.1, -0.05) is 12.1 Å². The predicted molar refractivity (Wildman–Crippen MR) is 81.2 cm³/mol. The Kier molecular flexibility index (Phi) is 4.07. The highest BCUT2D eigenvalue weighted by atomic mass is 127. The second kappa shape index (κ2) is 5.40. The first-order valence-corrected chi connectivity index (χ1v) is 6.97. The summed E-state index contributed by atoms with van der Waals surface area (Å²) in [4.78, 5) is 4.29. The number of oxazole rings is 1. The smallest absolute Gasteiger partial charge is 0.208 e. The van der Waals surface area contributed by atoms with Crippen LogP contribution in [-0.2, 0) is 6.54 Å². The third-order valence-electron chi connectivity index (χ3n) is 2.43. The van der Waals surface area contributed by atoms with E-state index in [1.807, 2.05) is 12.1 Å². The molecule has 2 aromatic rings. The highest BCUT2D eigenvalue weighted by molar-refractivity contribution is 14.1. The van der Waals surface area contributed by atoms with E-state index in [0.717, 1.165) is 17.2 Å². The third-order valence-corrected chi connectivity index (χ3v) is 3.10. The largest absolute Gasteiger partial charge is 0.439 e. The molecule has 96 valence electrons. The minimum absolute atomic E-state index is 0.0662. The Morgan fingerprint density at radius 2 is 2.11 bits per heavy atom. The highest BCUT2D eigenvalue weighted by Crippen LogP contribution is 2.22. The molecule has 4 heteroatoms. The van der Waals surface area contributed by atoms with Crippen molar-refractivity contribution in [3.05, 3.63) is 39.9 Å². The van der Waals surface area contributed by atoms with Gasteiger partial charge in [0.15, 0.2) is 5.76 Å². The Hall–Kier alpha value is -0.880. The van der Waals surface area contributed by atoms with Gasteiger partial charge in [0, 0.05) is 14.7 Å². The van der Waals surface area contributed by atoms with E-state index in [1.54, 1.807) is 6.20 Å². The molecule has 3 nitrogen and oxygen atoms in total. The van der Waals surface area contributed by atoms with E-state index in [-0.39, 0.29) is 5.54 Å². The zero-order valence-electron chi connectivity index (χ0n) is 10.8. The first-order valence-electron chi connectivity index (χ1n) is 5.90. The number of rotatable bonds is 3. The minimum atomic E-state index is 0.0662. The molecule has 0 fully saturated rings. The topological polar surface area (TPSA) is 38.1 Å². The molecule has 1 N–H and O–H groups in total. The van der Waals surface area contributed by atoms with E-state index in [2.05, 4.69) is 65.8 Å². The van der Waals surface area contributed by atoms with Crippen molar-refractivity contribution in [1.29, 1.82) is 0 Å². The van der Waals surface area contributed by atoms with Gasteiger partial charge in [-0.2, -0.15) is 0 Å². The maximum Gasteiger partial charge on any atom is 0.208 e. The molecular weight excluding hydrogens is 339 g/mol. The summed E-state index contributed by atoms with van der Waals surface area (Å²) in [6.07, 6.45) is 1.78. The lowest BCUT2D eigenvalue weighted by atomic mass is 10.1. The number of halogens is 1. The molecule has 1 aromatic heterocycles. The SMILES string of the molecule is CC(C)(C)NCc1ncc(-c2cccc(I)c2)o1.